The third kappa shape index (κ3) is 4.95. The zero-order chi connectivity index (χ0) is 21.0. The standard InChI is InChI=1S/C20H34N6O3/c1-15(2)24(3)13-17(27)25-10-7-20(14-25)6-5-16-22-23-18(26(16)11-8-20)19(28)21-9-12-29-4/h15H,5-14H2,1-4H3,(H,21,28). The van der Waals surface area contributed by atoms with E-state index in [-0.39, 0.29) is 17.2 Å². The van der Waals surface area contributed by atoms with Gasteiger partial charge in [-0.05, 0) is 45.6 Å². The third-order valence-electron chi connectivity index (χ3n) is 6.42. The predicted octanol–water partition coefficient (Wildman–Crippen LogP) is 0.550. The second-order valence-corrected chi connectivity index (χ2v) is 8.66. The summed E-state index contributed by atoms with van der Waals surface area (Å²) >= 11 is 0. The SMILES string of the molecule is COCCNC(=O)c1nnc2n1CCC1(CC2)CCN(C(=O)CN(C)C(C)C)C1. The number of nitrogens with zero attached hydrogens (tertiary/aromatic N) is 5. The highest BCUT2D eigenvalue weighted by Crippen LogP contribution is 2.40. The molecule has 0 radical (unpaired) electrons. The van der Waals surface area contributed by atoms with Crippen molar-refractivity contribution < 1.29 is 14.3 Å². The Bertz CT molecular complexity index is 734. The topological polar surface area (TPSA) is 92.6 Å². The number of fused-ring (bicyclic) bond motifs is 1. The summed E-state index contributed by atoms with van der Waals surface area (Å²) in [4.78, 5) is 29.2. The number of hydrogen-bond acceptors (Lipinski definition) is 6. The lowest BCUT2D eigenvalue weighted by Crippen LogP contribution is -2.41. The Morgan fingerprint density at radius 3 is 2.72 bits per heavy atom. The van der Waals surface area contributed by atoms with Crippen molar-refractivity contribution in [2.45, 2.75) is 52.1 Å². The number of nitrogens with one attached hydrogen (secondary N) is 1. The fourth-order valence-electron chi connectivity index (χ4n) is 4.17. The number of ether oxygens (including phenoxy) is 1. The number of aromatic nitrogens is 3. The van der Waals surface area contributed by atoms with Crippen LogP contribution in [0.3, 0.4) is 0 Å². The van der Waals surface area contributed by atoms with Crippen LogP contribution in [-0.2, 0) is 22.5 Å². The summed E-state index contributed by atoms with van der Waals surface area (Å²) in [6.07, 6.45) is 3.70. The lowest BCUT2D eigenvalue weighted by atomic mass is 9.80. The number of aryl methyl sites for hydroxylation is 1. The lowest BCUT2D eigenvalue weighted by Gasteiger charge is -2.29. The van der Waals surface area contributed by atoms with Gasteiger partial charge in [0.25, 0.3) is 5.91 Å². The molecule has 3 heterocycles. The van der Waals surface area contributed by atoms with E-state index in [4.69, 9.17) is 4.74 Å². The first-order chi connectivity index (χ1) is 13.8. The van der Waals surface area contributed by atoms with E-state index in [0.29, 0.717) is 38.1 Å². The molecule has 2 aliphatic heterocycles. The second kappa shape index (κ2) is 9.21. The van der Waals surface area contributed by atoms with Crippen molar-refractivity contribution in [2.24, 2.45) is 5.41 Å². The highest BCUT2D eigenvalue weighted by molar-refractivity contribution is 5.90. The van der Waals surface area contributed by atoms with Crippen LogP contribution in [0.15, 0.2) is 0 Å². The van der Waals surface area contributed by atoms with Crippen molar-refractivity contribution in [3.05, 3.63) is 11.6 Å². The summed E-state index contributed by atoms with van der Waals surface area (Å²) in [5, 5.41) is 11.2. The molecule has 1 atom stereocenters. The molecule has 0 bridgehead atoms. The molecule has 29 heavy (non-hydrogen) atoms. The fraction of sp³-hybridized carbons (Fsp3) is 0.800. The van der Waals surface area contributed by atoms with Gasteiger partial charge in [0.15, 0.2) is 0 Å². The van der Waals surface area contributed by atoms with E-state index < -0.39 is 0 Å². The summed E-state index contributed by atoms with van der Waals surface area (Å²) in [6, 6.07) is 0.353. The van der Waals surface area contributed by atoms with E-state index in [1.165, 1.54) is 0 Å². The van der Waals surface area contributed by atoms with E-state index in [9.17, 15) is 9.59 Å². The molecule has 1 aromatic heterocycles. The highest BCUT2D eigenvalue weighted by Gasteiger charge is 2.41. The van der Waals surface area contributed by atoms with E-state index in [2.05, 4.69) is 34.3 Å². The Labute approximate surface area is 172 Å². The van der Waals surface area contributed by atoms with Crippen LogP contribution >= 0.6 is 0 Å². The lowest BCUT2D eigenvalue weighted by molar-refractivity contribution is -0.131. The molecule has 1 N–H and O–H groups in total. The Balaban J connectivity index is 1.61. The maximum absolute atomic E-state index is 12.7. The molecular weight excluding hydrogens is 372 g/mol. The molecular formula is C20H34N6O3. The number of likely N-dealkylation sites (N-methyl/N-ethyl adjacent to an activating group) is 1. The first kappa shape index (κ1) is 21.7. The van der Waals surface area contributed by atoms with Crippen LogP contribution < -0.4 is 5.32 Å². The van der Waals surface area contributed by atoms with Crippen molar-refractivity contribution >= 4 is 11.8 Å². The molecule has 1 unspecified atom stereocenters. The summed E-state index contributed by atoms with van der Waals surface area (Å²) in [6.45, 7) is 7.90. The summed E-state index contributed by atoms with van der Waals surface area (Å²) in [5.74, 6) is 1.23. The van der Waals surface area contributed by atoms with Crippen molar-refractivity contribution in [3.63, 3.8) is 0 Å². The zero-order valence-electron chi connectivity index (χ0n) is 18.1. The van der Waals surface area contributed by atoms with Gasteiger partial charge in [0.2, 0.25) is 11.7 Å². The second-order valence-electron chi connectivity index (χ2n) is 8.66. The first-order valence-electron chi connectivity index (χ1n) is 10.5. The van der Waals surface area contributed by atoms with E-state index in [1.54, 1.807) is 7.11 Å². The van der Waals surface area contributed by atoms with Gasteiger partial charge in [0, 0.05) is 45.8 Å². The quantitative estimate of drug-likeness (QED) is 0.665. The number of likely N-dealkylation sites (tertiary alicyclic amines) is 1. The molecule has 1 aromatic rings. The molecule has 1 fully saturated rings. The van der Waals surface area contributed by atoms with Crippen LogP contribution in [-0.4, -0.2) is 89.4 Å². The Hall–Kier alpha value is -2.00. The summed E-state index contributed by atoms with van der Waals surface area (Å²) in [5.41, 5.74) is 0.108. The molecule has 2 aliphatic rings. The van der Waals surface area contributed by atoms with Crippen LogP contribution in [0.1, 0.15) is 49.6 Å². The third-order valence-corrected chi connectivity index (χ3v) is 6.42. The van der Waals surface area contributed by atoms with Crippen molar-refractivity contribution in [1.82, 2.24) is 29.9 Å². The van der Waals surface area contributed by atoms with Crippen LogP contribution in [0.5, 0.6) is 0 Å². The molecule has 2 amide bonds. The predicted molar refractivity (Wildman–Crippen MR) is 109 cm³/mol. The maximum Gasteiger partial charge on any atom is 0.289 e. The van der Waals surface area contributed by atoms with Gasteiger partial charge in [-0.2, -0.15) is 0 Å². The van der Waals surface area contributed by atoms with Crippen LogP contribution in [0.2, 0.25) is 0 Å². The van der Waals surface area contributed by atoms with Crippen molar-refractivity contribution in [3.8, 4) is 0 Å². The summed E-state index contributed by atoms with van der Waals surface area (Å²) in [7, 11) is 3.59. The molecule has 1 spiro atoms. The zero-order valence-corrected chi connectivity index (χ0v) is 18.1. The number of carbonyl (C=O) groups is 2. The van der Waals surface area contributed by atoms with Gasteiger partial charge >= 0.3 is 0 Å². The number of methoxy groups -OCH3 is 1. The van der Waals surface area contributed by atoms with Crippen molar-refractivity contribution in [2.75, 3.05) is 46.9 Å². The van der Waals surface area contributed by atoms with Crippen LogP contribution in [0, 0.1) is 5.41 Å². The molecule has 0 saturated carbocycles. The average molecular weight is 407 g/mol. The Morgan fingerprint density at radius 1 is 1.24 bits per heavy atom. The minimum absolute atomic E-state index is 0.108. The molecule has 1 saturated heterocycles. The highest BCUT2D eigenvalue weighted by atomic mass is 16.5. The maximum atomic E-state index is 12.7. The number of rotatable bonds is 7. The van der Waals surface area contributed by atoms with Gasteiger partial charge in [-0.3, -0.25) is 14.5 Å². The first-order valence-corrected chi connectivity index (χ1v) is 10.5. The van der Waals surface area contributed by atoms with E-state index in [1.807, 2.05) is 16.5 Å². The minimum Gasteiger partial charge on any atom is -0.383 e. The number of carbonyl (C=O) groups excluding carboxylic acids is 2. The molecule has 162 valence electrons. The van der Waals surface area contributed by atoms with Gasteiger partial charge < -0.3 is 19.5 Å². The van der Waals surface area contributed by atoms with E-state index in [0.717, 1.165) is 44.6 Å². The Morgan fingerprint density at radius 2 is 2.00 bits per heavy atom. The monoisotopic (exact) mass is 406 g/mol. The van der Waals surface area contributed by atoms with E-state index >= 15 is 0 Å². The summed E-state index contributed by atoms with van der Waals surface area (Å²) < 4.78 is 6.93. The molecule has 0 aliphatic carbocycles. The normalized spacial score (nSPS) is 21.7. The van der Waals surface area contributed by atoms with Crippen LogP contribution in [0.4, 0.5) is 0 Å². The minimum atomic E-state index is -0.211. The fourth-order valence-corrected chi connectivity index (χ4v) is 4.17. The average Bonchev–Trinajstić information content (AvgIpc) is 3.25. The van der Waals surface area contributed by atoms with Gasteiger partial charge in [0.05, 0.1) is 13.2 Å². The molecule has 9 nitrogen and oxygen atoms in total. The number of amides is 2. The Kier molecular flexibility index (Phi) is 6.89. The largest absolute Gasteiger partial charge is 0.383 e. The number of hydrogen-bond donors (Lipinski definition) is 1. The van der Waals surface area contributed by atoms with Crippen molar-refractivity contribution in [1.29, 1.82) is 0 Å². The van der Waals surface area contributed by atoms with Gasteiger partial charge in [-0.25, -0.2) is 0 Å². The molecule has 9 heteroatoms. The smallest absolute Gasteiger partial charge is 0.289 e. The van der Waals surface area contributed by atoms with Gasteiger partial charge in [0.1, 0.15) is 5.82 Å². The van der Waals surface area contributed by atoms with Gasteiger partial charge in [-0.15, -0.1) is 10.2 Å². The molecule has 3 rings (SSSR count). The molecule has 0 aromatic carbocycles. The van der Waals surface area contributed by atoms with Gasteiger partial charge in [-0.1, -0.05) is 0 Å². The van der Waals surface area contributed by atoms with Crippen LogP contribution in [0.25, 0.3) is 0 Å².